The summed E-state index contributed by atoms with van der Waals surface area (Å²) < 4.78 is 4.92. The van der Waals surface area contributed by atoms with Crippen LogP contribution in [0.15, 0.2) is 4.52 Å². The molecule has 5 nitrogen and oxygen atoms in total. The van der Waals surface area contributed by atoms with E-state index in [1.807, 2.05) is 6.92 Å². The molecular weight excluding hydrogens is 168 g/mol. The summed E-state index contributed by atoms with van der Waals surface area (Å²) in [6.07, 6.45) is 0. The predicted molar refractivity (Wildman–Crippen MR) is 46.6 cm³/mol. The van der Waals surface area contributed by atoms with Crippen LogP contribution >= 0.6 is 0 Å². The quantitative estimate of drug-likeness (QED) is 0.648. The first-order chi connectivity index (χ1) is 6.27. The lowest BCUT2D eigenvalue weighted by molar-refractivity contribution is 0.119. The maximum atomic E-state index is 4.92. The number of nitrogens with one attached hydrogen (secondary N) is 1. The Bertz CT molecular complexity index is 323. The highest BCUT2D eigenvalue weighted by atomic mass is 16.5. The van der Waals surface area contributed by atoms with Gasteiger partial charge in [0, 0.05) is 38.5 Å². The van der Waals surface area contributed by atoms with Crippen LogP contribution in [0.2, 0.25) is 0 Å². The van der Waals surface area contributed by atoms with E-state index in [9.17, 15) is 0 Å². The molecule has 2 aliphatic rings. The molecule has 2 fully saturated rings. The fraction of sp³-hybridized carbons (Fsp3) is 0.750. The number of hydrogen-bond donors (Lipinski definition) is 1. The van der Waals surface area contributed by atoms with E-state index >= 15 is 0 Å². The monoisotopic (exact) mass is 180 g/mol. The first-order valence-corrected chi connectivity index (χ1v) is 4.53. The Morgan fingerprint density at radius 2 is 2.23 bits per heavy atom. The van der Waals surface area contributed by atoms with E-state index in [1.54, 1.807) is 0 Å². The largest absolute Gasteiger partial charge is 0.338 e. The molecule has 1 aromatic heterocycles. The molecule has 0 unspecified atom stereocenters. The molecule has 1 spiro atoms. The van der Waals surface area contributed by atoms with Crippen molar-refractivity contribution < 1.29 is 4.52 Å². The number of nitrogens with zero attached hydrogens (tertiary/aromatic N) is 3. The highest BCUT2D eigenvalue weighted by molar-refractivity contribution is 5.36. The number of hydrogen-bond acceptors (Lipinski definition) is 5. The number of aryl methyl sites for hydroxylation is 1. The van der Waals surface area contributed by atoms with Gasteiger partial charge in [-0.1, -0.05) is 0 Å². The molecule has 0 saturated carbocycles. The van der Waals surface area contributed by atoms with E-state index in [-0.39, 0.29) is 0 Å². The highest BCUT2D eigenvalue weighted by Crippen LogP contribution is 2.35. The molecule has 3 heterocycles. The zero-order chi connectivity index (χ0) is 8.89. The lowest BCUT2D eigenvalue weighted by atomic mass is 9.75. The van der Waals surface area contributed by atoms with Gasteiger partial charge in [-0.2, -0.15) is 4.98 Å². The third kappa shape index (κ3) is 0.966. The summed E-state index contributed by atoms with van der Waals surface area (Å²) in [5, 5.41) is 7.17. The Morgan fingerprint density at radius 1 is 1.46 bits per heavy atom. The van der Waals surface area contributed by atoms with Gasteiger partial charge in [0.05, 0.1) is 0 Å². The molecule has 3 rings (SSSR count). The molecule has 0 atom stereocenters. The van der Waals surface area contributed by atoms with Crippen LogP contribution in [0, 0.1) is 12.3 Å². The van der Waals surface area contributed by atoms with E-state index in [2.05, 4.69) is 20.4 Å². The molecule has 5 heteroatoms. The summed E-state index contributed by atoms with van der Waals surface area (Å²) in [7, 11) is 0. The van der Waals surface area contributed by atoms with E-state index in [4.69, 9.17) is 4.52 Å². The Balaban J connectivity index is 1.70. The summed E-state index contributed by atoms with van der Waals surface area (Å²) in [5.41, 5.74) is 0.522. The summed E-state index contributed by atoms with van der Waals surface area (Å²) in [6, 6.07) is 0. The van der Waals surface area contributed by atoms with Gasteiger partial charge < -0.3 is 14.7 Å². The van der Waals surface area contributed by atoms with Gasteiger partial charge in [-0.3, -0.25) is 0 Å². The van der Waals surface area contributed by atoms with Crippen molar-refractivity contribution >= 4 is 5.95 Å². The van der Waals surface area contributed by atoms with Crippen molar-refractivity contribution in [2.24, 2.45) is 5.41 Å². The normalized spacial score (nSPS) is 24.2. The molecule has 0 bridgehead atoms. The molecule has 0 amide bonds. The predicted octanol–water partition coefficient (Wildman–Crippen LogP) is -0.212. The van der Waals surface area contributed by atoms with Crippen LogP contribution < -0.4 is 10.2 Å². The minimum Gasteiger partial charge on any atom is -0.338 e. The highest BCUT2D eigenvalue weighted by Gasteiger charge is 2.48. The molecule has 13 heavy (non-hydrogen) atoms. The van der Waals surface area contributed by atoms with Crippen molar-refractivity contribution in [3.8, 4) is 0 Å². The third-order valence-electron chi connectivity index (χ3n) is 2.85. The van der Waals surface area contributed by atoms with Crippen LogP contribution in [0.4, 0.5) is 5.95 Å². The second kappa shape index (κ2) is 2.23. The van der Waals surface area contributed by atoms with Crippen molar-refractivity contribution in [2.75, 3.05) is 31.1 Å². The van der Waals surface area contributed by atoms with Gasteiger partial charge in [-0.25, -0.2) is 0 Å². The fourth-order valence-corrected chi connectivity index (χ4v) is 2.02. The second-order valence-corrected chi connectivity index (χ2v) is 4.07. The maximum Gasteiger partial charge on any atom is 0.266 e. The number of anilines is 1. The summed E-state index contributed by atoms with van der Waals surface area (Å²) in [5.74, 6) is 1.39. The average molecular weight is 180 g/mol. The minimum absolute atomic E-state index is 0.522. The minimum atomic E-state index is 0.522. The van der Waals surface area contributed by atoms with Crippen molar-refractivity contribution in [3.63, 3.8) is 0 Å². The number of rotatable bonds is 1. The Morgan fingerprint density at radius 3 is 2.69 bits per heavy atom. The smallest absolute Gasteiger partial charge is 0.266 e. The van der Waals surface area contributed by atoms with Crippen LogP contribution in [0.1, 0.15) is 5.89 Å². The molecule has 0 radical (unpaired) electrons. The van der Waals surface area contributed by atoms with Crippen LogP contribution in [0.3, 0.4) is 0 Å². The van der Waals surface area contributed by atoms with E-state index < -0.39 is 0 Å². The van der Waals surface area contributed by atoms with Crippen molar-refractivity contribution in [2.45, 2.75) is 6.92 Å². The lowest BCUT2D eigenvalue weighted by Crippen LogP contribution is -2.71. The Labute approximate surface area is 76.1 Å². The summed E-state index contributed by atoms with van der Waals surface area (Å²) in [6.45, 7) is 6.23. The molecule has 1 N–H and O–H groups in total. The van der Waals surface area contributed by atoms with Crippen LogP contribution in [0.5, 0.6) is 0 Å². The molecule has 0 aromatic carbocycles. The average Bonchev–Trinajstić information content (AvgIpc) is 2.29. The lowest BCUT2D eigenvalue weighted by Gasteiger charge is -2.55. The van der Waals surface area contributed by atoms with Crippen LogP contribution in [0.25, 0.3) is 0 Å². The van der Waals surface area contributed by atoms with E-state index in [1.165, 1.54) is 0 Å². The third-order valence-corrected chi connectivity index (χ3v) is 2.85. The van der Waals surface area contributed by atoms with Gasteiger partial charge in [0.25, 0.3) is 5.95 Å². The van der Waals surface area contributed by atoms with E-state index in [0.29, 0.717) is 11.3 Å². The molecule has 0 aliphatic carbocycles. The SMILES string of the molecule is Cc1nc(N2CC3(CNC3)C2)no1. The van der Waals surface area contributed by atoms with Gasteiger partial charge >= 0.3 is 0 Å². The standard InChI is InChI=1S/C8H12N4O/c1-6-10-7(11-13-6)12-4-8(5-12)2-9-3-8/h9H,2-5H2,1H3. The van der Waals surface area contributed by atoms with Crippen molar-refractivity contribution in [1.82, 2.24) is 15.5 Å². The zero-order valence-corrected chi connectivity index (χ0v) is 7.58. The first-order valence-electron chi connectivity index (χ1n) is 4.53. The Hall–Kier alpha value is -1.10. The summed E-state index contributed by atoms with van der Waals surface area (Å²) in [4.78, 5) is 6.35. The second-order valence-electron chi connectivity index (χ2n) is 4.07. The van der Waals surface area contributed by atoms with Crippen LogP contribution in [-0.4, -0.2) is 36.3 Å². The zero-order valence-electron chi connectivity index (χ0n) is 7.58. The fourth-order valence-electron chi connectivity index (χ4n) is 2.02. The molecule has 2 saturated heterocycles. The first kappa shape index (κ1) is 7.32. The van der Waals surface area contributed by atoms with Gasteiger partial charge in [0.1, 0.15) is 0 Å². The van der Waals surface area contributed by atoms with Crippen molar-refractivity contribution in [3.05, 3.63) is 5.89 Å². The Kier molecular flexibility index (Phi) is 1.25. The maximum absolute atomic E-state index is 4.92. The summed E-state index contributed by atoms with van der Waals surface area (Å²) >= 11 is 0. The molecular formula is C8H12N4O. The molecule has 2 aliphatic heterocycles. The van der Waals surface area contributed by atoms with Gasteiger partial charge in [0.15, 0.2) is 0 Å². The topological polar surface area (TPSA) is 54.2 Å². The van der Waals surface area contributed by atoms with Crippen molar-refractivity contribution in [1.29, 1.82) is 0 Å². The van der Waals surface area contributed by atoms with Crippen LogP contribution in [-0.2, 0) is 0 Å². The number of aromatic nitrogens is 2. The molecule has 1 aromatic rings. The van der Waals surface area contributed by atoms with E-state index in [0.717, 1.165) is 32.1 Å². The van der Waals surface area contributed by atoms with Gasteiger partial charge in [-0.05, 0) is 5.16 Å². The van der Waals surface area contributed by atoms with Gasteiger partial charge in [0.2, 0.25) is 5.89 Å². The molecule has 70 valence electrons. The van der Waals surface area contributed by atoms with Gasteiger partial charge in [-0.15, -0.1) is 0 Å².